The third-order valence-corrected chi connectivity index (χ3v) is 4.33. The zero-order valence-corrected chi connectivity index (χ0v) is 12.8. The van der Waals surface area contributed by atoms with Crippen LogP contribution in [0.5, 0.6) is 0 Å². The molecule has 3 aromatic rings. The molecule has 1 aliphatic rings. The van der Waals surface area contributed by atoms with E-state index in [9.17, 15) is 0 Å². The van der Waals surface area contributed by atoms with Crippen molar-refractivity contribution in [1.82, 2.24) is 29.9 Å². The van der Waals surface area contributed by atoms with Crippen molar-refractivity contribution in [2.75, 3.05) is 0 Å². The van der Waals surface area contributed by atoms with Gasteiger partial charge in [-0.25, -0.2) is 0 Å². The summed E-state index contributed by atoms with van der Waals surface area (Å²) in [4.78, 5) is 4.15. The number of pyridine rings is 1. The highest BCUT2D eigenvalue weighted by Gasteiger charge is 2.30. The Morgan fingerprint density at radius 3 is 2.70 bits per heavy atom. The molecule has 0 radical (unpaired) electrons. The topological polar surface area (TPSA) is 93.2 Å². The van der Waals surface area contributed by atoms with Crippen LogP contribution in [0.15, 0.2) is 46.8 Å². The second-order valence-corrected chi connectivity index (χ2v) is 6.11. The van der Waals surface area contributed by atoms with Crippen molar-refractivity contribution in [3.05, 3.63) is 42.4 Å². The summed E-state index contributed by atoms with van der Waals surface area (Å²) in [5, 5.41) is 26.8. The molecule has 3 aromatic heterocycles. The largest absolute Gasteiger partial charge is 0.299 e. The Morgan fingerprint density at radius 1 is 1.13 bits per heavy atom. The Morgan fingerprint density at radius 2 is 2.04 bits per heavy atom. The van der Waals surface area contributed by atoms with Crippen LogP contribution in [-0.2, 0) is 0 Å². The summed E-state index contributed by atoms with van der Waals surface area (Å²) in [5.41, 5.74) is 1.25. The van der Waals surface area contributed by atoms with Crippen LogP contribution in [0.1, 0.15) is 24.6 Å². The molecular formula is C15H11N7S. The van der Waals surface area contributed by atoms with E-state index in [-0.39, 0.29) is 0 Å². The van der Waals surface area contributed by atoms with Crippen LogP contribution >= 0.6 is 11.8 Å². The van der Waals surface area contributed by atoms with Gasteiger partial charge in [-0.3, -0.25) is 9.55 Å². The molecule has 0 saturated heterocycles. The van der Waals surface area contributed by atoms with Crippen LogP contribution in [0.4, 0.5) is 0 Å². The van der Waals surface area contributed by atoms with Crippen molar-refractivity contribution in [2.24, 2.45) is 0 Å². The fourth-order valence-corrected chi connectivity index (χ4v) is 3.05. The molecule has 4 rings (SSSR count). The maximum Gasteiger partial charge on any atom is 0.198 e. The van der Waals surface area contributed by atoms with Crippen molar-refractivity contribution >= 4 is 11.8 Å². The molecule has 0 atom stereocenters. The predicted octanol–water partition coefficient (Wildman–Crippen LogP) is 2.49. The molecule has 0 unspecified atom stereocenters. The number of hydrogen-bond acceptors (Lipinski definition) is 7. The molecule has 0 spiro atoms. The van der Waals surface area contributed by atoms with E-state index >= 15 is 0 Å². The van der Waals surface area contributed by atoms with Crippen molar-refractivity contribution in [1.29, 1.82) is 5.26 Å². The van der Waals surface area contributed by atoms with Crippen LogP contribution in [0.3, 0.4) is 0 Å². The lowest BCUT2D eigenvalue weighted by molar-refractivity contribution is 0.668. The third-order valence-electron chi connectivity index (χ3n) is 3.45. The van der Waals surface area contributed by atoms with E-state index in [1.54, 1.807) is 24.5 Å². The molecular weight excluding hydrogens is 310 g/mol. The van der Waals surface area contributed by atoms with Gasteiger partial charge in [-0.15, -0.1) is 20.4 Å². The molecule has 1 saturated carbocycles. The Kier molecular flexibility index (Phi) is 3.48. The maximum atomic E-state index is 8.78. The van der Waals surface area contributed by atoms with Gasteiger partial charge in [-0.2, -0.15) is 5.26 Å². The second kappa shape index (κ2) is 5.78. The number of aromatic nitrogens is 6. The molecule has 0 amide bonds. The van der Waals surface area contributed by atoms with Gasteiger partial charge in [0.05, 0.1) is 0 Å². The van der Waals surface area contributed by atoms with E-state index in [0.29, 0.717) is 16.8 Å². The molecule has 1 fully saturated rings. The summed E-state index contributed by atoms with van der Waals surface area (Å²) in [7, 11) is 0. The average molecular weight is 321 g/mol. The lowest BCUT2D eigenvalue weighted by atomic mass is 10.3. The fourth-order valence-electron chi connectivity index (χ4n) is 2.23. The molecule has 0 aliphatic heterocycles. The van der Waals surface area contributed by atoms with E-state index in [1.807, 2.05) is 18.2 Å². The van der Waals surface area contributed by atoms with Gasteiger partial charge in [0.1, 0.15) is 11.1 Å². The maximum absolute atomic E-state index is 8.78. The van der Waals surface area contributed by atoms with Gasteiger partial charge in [-0.1, -0.05) is 0 Å². The predicted molar refractivity (Wildman–Crippen MR) is 82.4 cm³/mol. The number of nitrogens with zero attached hydrogens (tertiary/aromatic N) is 7. The van der Waals surface area contributed by atoms with Crippen LogP contribution in [-0.4, -0.2) is 29.9 Å². The SMILES string of the molecule is N#Cc1ccc(Sc2nnc(-c3cccnc3)n2C2CC2)nn1. The van der Waals surface area contributed by atoms with Gasteiger partial charge >= 0.3 is 0 Å². The summed E-state index contributed by atoms with van der Waals surface area (Å²) in [5.74, 6) is 0.824. The fraction of sp³-hybridized carbons (Fsp3) is 0.200. The molecule has 7 nitrogen and oxygen atoms in total. The monoisotopic (exact) mass is 321 g/mol. The first kappa shape index (κ1) is 13.8. The zero-order valence-electron chi connectivity index (χ0n) is 12.0. The van der Waals surface area contributed by atoms with Crippen LogP contribution in [0.25, 0.3) is 11.4 Å². The van der Waals surface area contributed by atoms with Gasteiger partial charge < -0.3 is 0 Å². The molecule has 23 heavy (non-hydrogen) atoms. The van der Waals surface area contributed by atoms with Gasteiger partial charge in [-0.05, 0) is 48.9 Å². The summed E-state index contributed by atoms with van der Waals surface area (Å²) in [6.45, 7) is 0. The smallest absolute Gasteiger partial charge is 0.198 e. The van der Waals surface area contributed by atoms with Crippen molar-refractivity contribution < 1.29 is 0 Å². The lowest BCUT2D eigenvalue weighted by Crippen LogP contribution is -2.00. The van der Waals surface area contributed by atoms with Gasteiger partial charge in [0, 0.05) is 24.0 Å². The van der Waals surface area contributed by atoms with Crippen LogP contribution in [0.2, 0.25) is 0 Å². The number of nitriles is 1. The Balaban J connectivity index is 1.69. The van der Waals surface area contributed by atoms with E-state index in [4.69, 9.17) is 5.26 Å². The molecule has 112 valence electrons. The minimum Gasteiger partial charge on any atom is -0.299 e. The molecule has 3 heterocycles. The average Bonchev–Trinajstić information content (AvgIpc) is 3.37. The van der Waals surface area contributed by atoms with Gasteiger partial charge in [0.15, 0.2) is 16.7 Å². The van der Waals surface area contributed by atoms with Crippen molar-refractivity contribution in [2.45, 2.75) is 29.1 Å². The first-order chi connectivity index (χ1) is 11.3. The first-order valence-corrected chi connectivity index (χ1v) is 7.94. The van der Waals surface area contributed by atoms with Crippen molar-refractivity contribution in [3.63, 3.8) is 0 Å². The third kappa shape index (κ3) is 2.78. The van der Waals surface area contributed by atoms with E-state index in [0.717, 1.165) is 29.4 Å². The Hall–Kier alpha value is -2.79. The Labute approximate surface area is 136 Å². The van der Waals surface area contributed by atoms with E-state index in [1.165, 1.54) is 11.8 Å². The summed E-state index contributed by atoms with van der Waals surface area (Å²) in [6.07, 6.45) is 5.78. The van der Waals surface area contributed by atoms with Gasteiger partial charge in [0.25, 0.3) is 0 Å². The normalized spacial score (nSPS) is 13.7. The lowest BCUT2D eigenvalue weighted by Gasteiger charge is -2.07. The van der Waals surface area contributed by atoms with Crippen LogP contribution < -0.4 is 0 Å². The highest BCUT2D eigenvalue weighted by atomic mass is 32.2. The zero-order chi connectivity index (χ0) is 15.6. The first-order valence-electron chi connectivity index (χ1n) is 7.12. The van der Waals surface area contributed by atoms with Gasteiger partial charge in [0.2, 0.25) is 0 Å². The minimum absolute atomic E-state index is 0.300. The van der Waals surface area contributed by atoms with E-state index < -0.39 is 0 Å². The molecule has 8 heteroatoms. The highest BCUT2D eigenvalue weighted by Crippen LogP contribution is 2.41. The quantitative estimate of drug-likeness (QED) is 0.728. The number of rotatable bonds is 4. The minimum atomic E-state index is 0.300. The molecule has 1 aliphatic carbocycles. The van der Waals surface area contributed by atoms with Crippen LogP contribution in [0, 0.1) is 11.3 Å². The molecule has 0 bridgehead atoms. The second-order valence-electron chi connectivity index (χ2n) is 5.12. The summed E-state index contributed by atoms with van der Waals surface area (Å²) in [6, 6.07) is 9.67. The Bertz CT molecular complexity index is 863. The summed E-state index contributed by atoms with van der Waals surface area (Å²) >= 11 is 1.40. The molecule has 0 N–H and O–H groups in total. The van der Waals surface area contributed by atoms with Crippen molar-refractivity contribution in [3.8, 4) is 17.5 Å². The van der Waals surface area contributed by atoms with E-state index in [2.05, 4.69) is 29.9 Å². The highest BCUT2D eigenvalue weighted by molar-refractivity contribution is 7.99. The summed E-state index contributed by atoms with van der Waals surface area (Å²) < 4.78 is 2.14. The number of hydrogen-bond donors (Lipinski definition) is 0. The standard InChI is InChI=1S/C15H11N7S/c16-8-11-3-6-13(19-18-11)23-15-21-20-14(22(15)12-4-5-12)10-2-1-7-17-9-10/h1-3,6-7,9,12H,4-5H2. The molecule has 0 aromatic carbocycles.